The van der Waals surface area contributed by atoms with Gasteiger partial charge in [0.2, 0.25) is 0 Å². The molecule has 3 rings (SSSR count). The Morgan fingerprint density at radius 3 is 2.50 bits per heavy atom. The summed E-state index contributed by atoms with van der Waals surface area (Å²) in [4.78, 5) is 38.7. The van der Waals surface area contributed by atoms with Gasteiger partial charge in [-0.1, -0.05) is 12.1 Å². The zero-order valence-electron chi connectivity index (χ0n) is 17.3. The lowest BCUT2D eigenvalue weighted by Crippen LogP contribution is -2.42. The number of benzene rings is 2. The van der Waals surface area contributed by atoms with E-state index in [1.165, 1.54) is 11.8 Å². The lowest BCUT2D eigenvalue weighted by atomic mass is 9.96. The van der Waals surface area contributed by atoms with Crippen molar-refractivity contribution in [2.45, 2.75) is 25.9 Å². The summed E-state index contributed by atoms with van der Waals surface area (Å²) in [5.41, 5.74) is 0.382. The molecule has 1 aliphatic rings. The van der Waals surface area contributed by atoms with Crippen molar-refractivity contribution < 1.29 is 27.9 Å². The van der Waals surface area contributed by atoms with Crippen LogP contribution in [-0.4, -0.2) is 41.9 Å². The number of carbonyl (C=O) groups is 3. The van der Waals surface area contributed by atoms with Gasteiger partial charge in [0, 0.05) is 19.2 Å². The van der Waals surface area contributed by atoms with Crippen LogP contribution < -0.4 is 5.32 Å². The molecule has 0 spiro atoms. The average Bonchev–Trinajstić information content (AvgIpc) is 2.79. The fourth-order valence-electron chi connectivity index (χ4n) is 3.40. The van der Waals surface area contributed by atoms with Crippen LogP contribution in [0.15, 0.2) is 42.5 Å². The number of nitrogens with one attached hydrogen (secondary N) is 1. The largest absolute Gasteiger partial charge is 0.452 e. The minimum absolute atomic E-state index is 0.200. The minimum Gasteiger partial charge on any atom is -0.452 e. The second-order valence-electron chi connectivity index (χ2n) is 7.42. The molecule has 32 heavy (non-hydrogen) atoms. The molecule has 1 atom stereocenters. The van der Waals surface area contributed by atoms with Crippen LogP contribution in [0.3, 0.4) is 0 Å². The number of hydrogen-bond donors (Lipinski definition) is 1. The number of rotatable bonds is 5. The van der Waals surface area contributed by atoms with E-state index in [9.17, 15) is 23.2 Å². The standard InChI is InChI=1S/C23H21F2N3O4/c1-14(21(29)27-20-5-3-2-4-16(20)13-26)32-23(31)15-8-10-28(11-9-15)22(30)18-7-6-17(24)12-19(18)25/h2-7,12,14-15H,8-11H2,1H3,(H,27,29). The van der Waals surface area contributed by atoms with E-state index in [2.05, 4.69) is 5.32 Å². The quantitative estimate of drug-likeness (QED) is 0.718. The van der Waals surface area contributed by atoms with Gasteiger partial charge in [0.15, 0.2) is 6.10 Å². The highest BCUT2D eigenvalue weighted by Crippen LogP contribution is 2.22. The van der Waals surface area contributed by atoms with Gasteiger partial charge in [-0.25, -0.2) is 8.78 Å². The first-order chi connectivity index (χ1) is 15.3. The van der Waals surface area contributed by atoms with Gasteiger partial charge >= 0.3 is 5.97 Å². The van der Waals surface area contributed by atoms with Gasteiger partial charge < -0.3 is 15.0 Å². The molecule has 1 unspecified atom stereocenters. The summed E-state index contributed by atoms with van der Waals surface area (Å²) in [5.74, 6) is -3.93. The first-order valence-corrected chi connectivity index (χ1v) is 10.0. The molecule has 0 saturated carbocycles. The molecule has 2 amide bonds. The lowest BCUT2D eigenvalue weighted by Gasteiger charge is -2.31. The molecule has 1 aliphatic heterocycles. The highest BCUT2D eigenvalue weighted by molar-refractivity contribution is 5.96. The number of hydrogen-bond acceptors (Lipinski definition) is 5. The third kappa shape index (κ3) is 5.27. The maximum Gasteiger partial charge on any atom is 0.309 e. The van der Waals surface area contributed by atoms with Crippen LogP contribution in [0.4, 0.5) is 14.5 Å². The van der Waals surface area contributed by atoms with E-state index in [0.29, 0.717) is 24.6 Å². The third-order valence-corrected chi connectivity index (χ3v) is 5.24. The molecule has 0 radical (unpaired) electrons. The Labute approximate surface area is 183 Å². The van der Waals surface area contributed by atoms with Crippen LogP contribution in [0.2, 0.25) is 0 Å². The first kappa shape index (κ1) is 22.9. The Bertz CT molecular complexity index is 1080. The molecule has 1 saturated heterocycles. The zero-order chi connectivity index (χ0) is 23.3. The number of para-hydroxylation sites is 1. The Morgan fingerprint density at radius 1 is 1.16 bits per heavy atom. The normalized spacial score (nSPS) is 14.9. The van der Waals surface area contributed by atoms with Crippen molar-refractivity contribution in [2.24, 2.45) is 5.92 Å². The van der Waals surface area contributed by atoms with E-state index in [4.69, 9.17) is 10.00 Å². The highest BCUT2D eigenvalue weighted by Gasteiger charge is 2.31. The number of nitriles is 1. The third-order valence-electron chi connectivity index (χ3n) is 5.24. The van der Waals surface area contributed by atoms with E-state index < -0.39 is 41.4 Å². The number of amides is 2. The average molecular weight is 441 g/mol. The number of nitrogens with zero attached hydrogens (tertiary/aromatic N) is 2. The van der Waals surface area contributed by atoms with Gasteiger partial charge in [-0.3, -0.25) is 14.4 Å². The van der Waals surface area contributed by atoms with Crippen molar-refractivity contribution in [3.8, 4) is 6.07 Å². The maximum atomic E-state index is 13.9. The number of anilines is 1. The number of ether oxygens (including phenoxy) is 1. The molecular weight excluding hydrogens is 420 g/mol. The summed E-state index contributed by atoms with van der Waals surface area (Å²) in [7, 11) is 0. The number of halogens is 2. The Morgan fingerprint density at radius 2 is 1.84 bits per heavy atom. The monoisotopic (exact) mass is 441 g/mol. The molecule has 7 nitrogen and oxygen atoms in total. The van der Waals surface area contributed by atoms with Crippen molar-refractivity contribution in [3.63, 3.8) is 0 Å². The Balaban J connectivity index is 1.52. The van der Waals surface area contributed by atoms with E-state index in [-0.39, 0.29) is 24.2 Å². The number of likely N-dealkylation sites (tertiary alicyclic amines) is 1. The minimum atomic E-state index is -1.08. The van der Waals surface area contributed by atoms with Crippen LogP contribution in [0.5, 0.6) is 0 Å². The molecular formula is C23H21F2N3O4. The molecule has 1 N–H and O–H groups in total. The Hall–Kier alpha value is -3.80. The van der Waals surface area contributed by atoms with Gasteiger partial charge in [-0.2, -0.15) is 5.26 Å². The number of esters is 1. The van der Waals surface area contributed by atoms with Gasteiger partial charge in [0.25, 0.3) is 11.8 Å². The summed E-state index contributed by atoms with van der Waals surface area (Å²) >= 11 is 0. The van der Waals surface area contributed by atoms with E-state index in [1.54, 1.807) is 24.3 Å². The van der Waals surface area contributed by atoms with E-state index in [0.717, 1.165) is 12.1 Å². The van der Waals surface area contributed by atoms with Crippen molar-refractivity contribution in [1.29, 1.82) is 5.26 Å². The fourth-order valence-corrected chi connectivity index (χ4v) is 3.40. The van der Waals surface area contributed by atoms with Crippen LogP contribution in [0, 0.1) is 28.9 Å². The molecule has 9 heteroatoms. The van der Waals surface area contributed by atoms with Gasteiger partial charge in [0.05, 0.1) is 22.7 Å². The second-order valence-corrected chi connectivity index (χ2v) is 7.42. The Kier molecular flexibility index (Phi) is 7.15. The smallest absolute Gasteiger partial charge is 0.309 e. The summed E-state index contributed by atoms with van der Waals surface area (Å²) < 4.78 is 32.2. The summed E-state index contributed by atoms with van der Waals surface area (Å²) in [6, 6.07) is 11.2. The van der Waals surface area contributed by atoms with Crippen molar-refractivity contribution in [3.05, 3.63) is 65.2 Å². The molecule has 166 valence electrons. The zero-order valence-corrected chi connectivity index (χ0v) is 17.3. The van der Waals surface area contributed by atoms with Crippen LogP contribution in [0.1, 0.15) is 35.7 Å². The van der Waals surface area contributed by atoms with E-state index in [1.807, 2.05) is 6.07 Å². The SMILES string of the molecule is CC(OC(=O)C1CCN(C(=O)c2ccc(F)cc2F)CC1)C(=O)Nc1ccccc1C#N. The predicted molar refractivity (Wildman–Crippen MR) is 110 cm³/mol. The number of carbonyl (C=O) groups excluding carboxylic acids is 3. The first-order valence-electron chi connectivity index (χ1n) is 10.0. The van der Waals surface area contributed by atoms with Crippen molar-refractivity contribution in [1.82, 2.24) is 4.90 Å². The topological polar surface area (TPSA) is 99.5 Å². The molecule has 2 aromatic rings. The van der Waals surface area contributed by atoms with Gasteiger partial charge in [-0.15, -0.1) is 0 Å². The molecule has 1 fully saturated rings. The molecule has 0 aromatic heterocycles. The fraction of sp³-hybridized carbons (Fsp3) is 0.304. The van der Waals surface area contributed by atoms with Crippen molar-refractivity contribution >= 4 is 23.5 Å². The van der Waals surface area contributed by atoms with Crippen molar-refractivity contribution in [2.75, 3.05) is 18.4 Å². The van der Waals surface area contributed by atoms with Gasteiger partial charge in [0.1, 0.15) is 17.7 Å². The second kappa shape index (κ2) is 10.0. The van der Waals surface area contributed by atoms with E-state index >= 15 is 0 Å². The molecule has 2 aromatic carbocycles. The predicted octanol–water partition coefficient (Wildman–Crippen LogP) is 3.26. The summed E-state index contributed by atoms with van der Waals surface area (Å²) in [5, 5.41) is 11.7. The number of piperidine rings is 1. The highest BCUT2D eigenvalue weighted by atomic mass is 19.1. The summed E-state index contributed by atoms with van der Waals surface area (Å²) in [6.45, 7) is 1.83. The maximum absolute atomic E-state index is 13.9. The molecule has 0 bridgehead atoms. The molecule has 0 aliphatic carbocycles. The lowest BCUT2D eigenvalue weighted by molar-refractivity contribution is -0.158. The summed E-state index contributed by atoms with van der Waals surface area (Å²) in [6.07, 6.45) is -0.500. The van der Waals surface area contributed by atoms with Gasteiger partial charge in [-0.05, 0) is 44.0 Å². The molecule has 1 heterocycles. The van der Waals surface area contributed by atoms with Crippen LogP contribution >= 0.6 is 0 Å². The van der Waals surface area contributed by atoms with Crippen LogP contribution in [-0.2, 0) is 14.3 Å². The van der Waals surface area contributed by atoms with Crippen LogP contribution in [0.25, 0.3) is 0 Å².